The molecule has 0 aromatic heterocycles. The highest BCUT2D eigenvalue weighted by Crippen LogP contribution is 2.78. The molecule has 0 heterocycles. The molecule has 1 nitrogen and oxygen atoms in total. The van der Waals surface area contributed by atoms with E-state index in [1.807, 2.05) is 0 Å². The number of rotatable bonds is 4. The molecule has 0 unspecified atom stereocenters. The summed E-state index contributed by atoms with van der Waals surface area (Å²) in [7, 11) is -2.52. The van der Waals surface area contributed by atoms with Gasteiger partial charge in [-0.25, -0.2) is 0 Å². The van der Waals surface area contributed by atoms with Crippen LogP contribution in [0.4, 0.5) is 0 Å². The van der Waals surface area contributed by atoms with Gasteiger partial charge in [-0.2, -0.15) is 0 Å². The summed E-state index contributed by atoms with van der Waals surface area (Å²) in [5.74, 6) is 0. The van der Waals surface area contributed by atoms with Gasteiger partial charge in [0.1, 0.15) is 0 Å². The van der Waals surface area contributed by atoms with E-state index in [0.29, 0.717) is 16.9 Å². The van der Waals surface area contributed by atoms with E-state index >= 15 is 0 Å². The Morgan fingerprint density at radius 1 is 0.875 bits per heavy atom. The van der Waals surface area contributed by atoms with Gasteiger partial charge in [-0.15, -0.1) is 0 Å². The maximum Gasteiger partial charge on any atom is 0.261 e. The van der Waals surface area contributed by atoms with Gasteiger partial charge in [0.25, 0.3) is 8.32 Å². The van der Waals surface area contributed by atoms with Crippen LogP contribution in [-0.2, 0) is 4.43 Å². The summed E-state index contributed by atoms with van der Waals surface area (Å²) in [5, 5.41) is 2.82. The van der Waals surface area contributed by atoms with Gasteiger partial charge in [0.2, 0.25) is 0 Å². The van der Waals surface area contributed by atoms with E-state index in [4.69, 9.17) is 4.43 Å². The van der Waals surface area contributed by atoms with Crippen molar-refractivity contribution in [2.24, 2.45) is 16.2 Å². The Morgan fingerprint density at radius 2 is 1.44 bits per heavy atom. The van der Waals surface area contributed by atoms with Crippen molar-refractivity contribution < 1.29 is 4.43 Å². The second kappa shape index (κ2) is 7.18. The summed E-state index contributed by atoms with van der Waals surface area (Å²) < 4.78 is 7.63. The standard InChI is InChI=1S/C30H40OSi/c1-23-20-28(5)18-13-19-30(28)22-24(21-29(23,30)6)31-32(27(2,3)4,25-14-9-7-10-15-25)26-16-11-8-12-17-26/h7-12,14-17,24H,1,13,18-22H2,2-6H3/t24-,28+,29+,30-/m1/s1. The molecule has 0 bridgehead atoms. The Labute approximate surface area is 196 Å². The zero-order chi connectivity index (χ0) is 22.8. The monoisotopic (exact) mass is 444 g/mol. The number of hydrogen-bond acceptors (Lipinski definition) is 1. The van der Waals surface area contributed by atoms with E-state index in [1.165, 1.54) is 48.1 Å². The summed E-state index contributed by atoms with van der Waals surface area (Å²) in [5.41, 5.74) is 2.48. The van der Waals surface area contributed by atoms with Gasteiger partial charge in [-0.1, -0.05) is 114 Å². The molecule has 1 spiro atoms. The largest absolute Gasteiger partial charge is 0.404 e. The summed E-state index contributed by atoms with van der Waals surface area (Å²) in [6.45, 7) is 16.9. The fourth-order valence-corrected chi connectivity index (χ4v) is 13.1. The number of allylic oxidation sites excluding steroid dienone is 1. The maximum absolute atomic E-state index is 7.63. The highest BCUT2D eigenvalue weighted by atomic mass is 28.4. The van der Waals surface area contributed by atoms with Crippen LogP contribution in [0.15, 0.2) is 72.8 Å². The third kappa shape index (κ3) is 2.78. The van der Waals surface area contributed by atoms with Crippen molar-refractivity contribution >= 4 is 18.7 Å². The van der Waals surface area contributed by atoms with E-state index in [1.54, 1.807) is 0 Å². The second-order valence-corrected chi connectivity index (χ2v) is 16.7. The van der Waals surface area contributed by atoms with Crippen molar-refractivity contribution in [2.75, 3.05) is 0 Å². The molecule has 2 aromatic rings. The molecule has 0 N–H and O–H groups in total. The van der Waals surface area contributed by atoms with Gasteiger partial charge < -0.3 is 4.43 Å². The summed E-state index contributed by atoms with van der Waals surface area (Å²) >= 11 is 0. The van der Waals surface area contributed by atoms with Gasteiger partial charge >= 0.3 is 0 Å². The van der Waals surface area contributed by atoms with E-state index in [9.17, 15) is 0 Å². The van der Waals surface area contributed by atoms with Gasteiger partial charge in [-0.3, -0.25) is 0 Å². The topological polar surface area (TPSA) is 9.23 Å². The van der Waals surface area contributed by atoms with Crippen LogP contribution < -0.4 is 10.4 Å². The Kier molecular flexibility index (Phi) is 4.97. The van der Waals surface area contributed by atoms with E-state index in [0.717, 1.165) is 6.42 Å². The van der Waals surface area contributed by atoms with Crippen molar-refractivity contribution in [3.8, 4) is 0 Å². The quantitative estimate of drug-likeness (QED) is 0.369. The minimum atomic E-state index is -2.52. The smallest absolute Gasteiger partial charge is 0.261 e. The summed E-state index contributed by atoms with van der Waals surface area (Å²) in [4.78, 5) is 0. The minimum Gasteiger partial charge on any atom is -0.404 e. The number of benzene rings is 2. The first-order valence-electron chi connectivity index (χ1n) is 12.6. The predicted octanol–water partition coefficient (Wildman–Crippen LogP) is 6.87. The van der Waals surface area contributed by atoms with Crippen LogP contribution in [-0.4, -0.2) is 14.4 Å². The first kappa shape index (κ1) is 22.2. The van der Waals surface area contributed by atoms with Crippen molar-refractivity contribution in [3.05, 3.63) is 72.8 Å². The van der Waals surface area contributed by atoms with Gasteiger partial charge in [-0.05, 0) is 63.8 Å². The zero-order valence-corrected chi connectivity index (χ0v) is 21.7. The van der Waals surface area contributed by atoms with Gasteiger partial charge in [0.05, 0.1) is 0 Å². The average molecular weight is 445 g/mol. The van der Waals surface area contributed by atoms with Gasteiger partial charge in [0, 0.05) is 6.10 Å². The van der Waals surface area contributed by atoms with Crippen LogP contribution in [0, 0.1) is 16.2 Å². The third-order valence-electron chi connectivity index (χ3n) is 9.90. The van der Waals surface area contributed by atoms with Crippen LogP contribution in [0.1, 0.15) is 73.1 Å². The van der Waals surface area contributed by atoms with E-state index < -0.39 is 8.32 Å². The maximum atomic E-state index is 7.63. The molecule has 3 aliphatic rings. The van der Waals surface area contributed by atoms with Crippen LogP contribution >= 0.6 is 0 Å². The third-order valence-corrected chi connectivity index (χ3v) is 15.0. The lowest BCUT2D eigenvalue weighted by atomic mass is 9.60. The normalized spacial score (nSPS) is 34.5. The highest BCUT2D eigenvalue weighted by molar-refractivity contribution is 6.99. The summed E-state index contributed by atoms with van der Waals surface area (Å²) in [6.07, 6.45) is 7.91. The molecule has 2 aromatic carbocycles. The second-order valence-electron chi connectivity index (χ2n) is 12.4. The lowest BCUT2D eigenvalue weighted by Gasteiger charge is -2.45. The average Bonchev–Trinajstić information content (AvgIpc) is 3.28. The van der Waals surface area contributed by atoms with Crippen molar-refractivity contribution in [3.63, 3.8) is 0 Å². The first-order valence-corrected chi connectivity index (χ1v) is 14.5. The molecule has 0 amide bonds. The molecular weight excluding hydrogens is 404 g/mol. The SMILES string of the molecule is C=C1C[C@]2(C)CCC[C@@]23C[C@H](O[Si](c2ccccc2)(c2ccccc2)C(C)(C)C)C[C@@]13C. The summed E-state index contributed by atoms with van der Waals surface area (Å²) in [6, 6.07) is 22.3. The molecule has 3 saturated carbocycles. The highest BCUT2D eigenvalue weighted by Gasteiger charge is 2.71. The Hall–Kier alpha value is -1.64. The molecule has 4 atom stereocenters. The van der Waals surface area contributed by atoms with Gasteiger partial charge in [0.15, 0.2) is 0 Å². The zero-order valence-electron chi connectivity index (χ0n) is 20.7. The molecule has 5 rings (SSSR count). The molecule has 0 saturated heterocycles. The molecule has 0 radical (unpaired) electrons. The van der Waals surface area contributed by atoms with Crippen LogP contribution in [0.25, 0.3) is 0 Å². The molecular formula is C30H40OSi. The fourth-order valence-electron chi connectivity index (χ4n) is 8.38. The van der Waals surface area contributed by atoms with Crippen LogP contribution in [0.5, 0.6) is 0 Å². The van der Waals surface area contributed by atoms with Crippen LogP contribution in [0.2, 0.25) is 5.04 Å². The molecule has 0 aliphatic heterocycles. The first-order chi connectivity index (χ1) is 15.1. The molecule has 32 heavy (non-hydrogen) atoms. The van der Waals surface area contributed by atoms with Crippen molar-refractivity contribution in [1.82, 2.24) is 0 Å². The molecule has 3 fully saturated rings. The van der Waals surface area contributed by atoms with E-state index in [2.05, 4.69) is 102 Å². The lowest BCUT2D eigenvalue weighted by Crippen LogP contribution is -2.67. The Bertz CT molecular complexity index is 967. The van der Waals surface area contributed by atoms with Crippen LogP contribution in [0.3, 0.4) is 0 Å². The Morgan fingerprint density at radius 3 is 1.97 bits per heavy atom. The van der Waals surface area contributed by atoms with Crippen molar-refractivity contribution in [1.29, 1.82) is 0 Å². The minimum absolute atomic E-state index is 0.0297. The predicted molar refractivity (Wildman–Crippen MR) is 138 cm³/mol. The Balaban J connectivity index is 1.62. The molecule has 3 aliphatic carbocycles. The van der Waals surface area contributed by atoms with E-state index in [-0.39, 0.29) is 10.5 Å². The lowest BCUT2D eigenvalue weighted by molar-refractivity contribution is 0.0514. The fraction of sp³-hybridized carbons (Fsp3) is 0.533. The number of hydrogen-bond donors (Lipinski definition) is 0. The van der Waals surface area contributed by atoms with Crippen molar-refractivity contribution in [2.45, 2.75) is 84.3 Å². The molecule has 170 valence electrons. The molecule has 2 heteroatoms.